The van der Waals surface area contributed by atoms with Gasteiger partial charge in [0, 0.05) is 17.1 Å². The number of alkyl halides is 1. The molecule has 2 amide bonds. The normalized spacial score (nSPS) is 30.1. The standard InChI is InChI=1S/C31H41BrN2O6/c1-7-10-15-39-30(38)23-24-28(36)34(22(17-35)18(4)9-3)27(31(24)16-21(32)26(23)40-31)29(37)33(14-8-2)25-19(5)12-11-13-20(25)6/h7-8,11-13,18,21-24,26-27,35H,1-2,9-10,14-17H2,3-6H3/t18-,21?,22-,23-,24-,26-,27?,31?/m0/s1. The zero-order valence-electron chi connectivity index (χ0n) is 23.8. The van der Waals surface area contributed by atoms with Gasteiger partial charge in [-0.2, -0.15) is 0 Å². The lowest BCUT2D eigenvalue weighted by atomic mass is 9.70. The summed E-state index contributed by atoms with van der Waals surface area (Å²) in [5.41, 5.74) is 1.34. The first kappa shape index (κ1) is 30.5. The van der Waals surface area contributed by atoms with Gasteiger partial charge in [-0.1, -0.05) is 66.5 Å². The fraction of sp³-hybridized carbons (Fsp3) is 0.581. The molecular weight excluding hydrogens is 576 g/mol. The Kier molecular flexibility index (Phi) is 9.27. The predicted octanol–water partition coefficient (Wildman–Crippen LogP) is 4.10. The van der Waals surface area contributed by atoms with Gasteiger partial charge in [0.05, 0.1) is 37.2 Å². The molecule has 8 atom stereocenters. The van der Waals surface area contributed by atoms with Gasteiger partial charge < -0.3 is 24.4 Å². The van der Waals surface area contributed by atoms with Crippen molar-refractivity contribution in [2.75, 3.05) is 24.7 Å². The Morgan fingerprint density at radius 2 is 1.98 bits per heavy atom. The number of aliphatic hydroxyl groups excluding tert-OH is 1. The summed E-state index contributed by atoms with van der Waals surface area (Å²) in [5, 5.41) is 10.6. The molecule has 1 N–H and O–H groups in total. The van der Waals surface area contributed by atoms with Crippen LogP contribution >= 0.6 is 15.9 Å². The lowest BCUT2D eigenvalue weighted by Crippen LogP contribution is -2.60. The number of aliphatic hydroxyl groups is 1. The van der Waals surface area contributed by atoms with Gasteiger partial charge in [0.15, 0.2) is 0 Å². The van der Waals surface area contributed by atoms with E-state index in [1.807, 2.05) is 45.9 Å². The molecule has 3 unspecified atom stereocenters. The number of likely N-dealkylation sites (tertiary alicyclic amines) is 1. The maximum absolute atomic E-state index is 14.8. The highest BCUT2D eigenvalue weighted by atomic mass is 79.9. The molecule has 40 heavy (non-hydrogen) atoms. The molecule has 2 bridgehead atoms. The first-order chi connectivity index (χ1) is 19.1. The van der Waals surface area contributed by atoms with Crippen LogP contribution in [0.2, 0.25) is 0 Å². The second-order valence-corrected chi connectivity index (χ2v) is 12.4. The predicted molar refractivity (Wildman–Crippen MR) is 157 cm³/mol. The first-order valence-corrected chi connectivity index (χ1v) is 15.0. The van der Waals surface area contributed by atoms with E-state index >= 15 is 0 Å². The van der Waals surface area contributed by atoms with Crippen molar-refractivity contribution in [3.8, 4) is 0 Å². The van der Waals surface area contributed by atoms with Crippen LogP contribution in [-0.2, 0) is 23.9 Å². The molecule has 8 nitrogen and oxygen atoms in total. The number of benzene rings is 1. The van der Waals surface area contributed by atoms with Crippen LogP contribution in [0, 0.1) is 31.6 Å². The number of aryl methyl sites for hydroxylation is 2. The number of carbonyl (C=O) groups is 3. The van der Waals surface area contributed by atoms with E-state index in [0.29, 0.717) is 19.3 Å². The quantitative estimate of drug-likeness (QED) is 0.164. The maximum Gasteiger partial charge on any atom is 0.312 e. The summed E-state index contributed by atoms with van der Waals surface area (Å²) in [7, 11) is 0. The zero-order valence-corrected chi connectivity index (χ0v) is 25.4. The van der Waals surface area contributed by atoms with Gasteiger partial charge in [-0.05, 0) is 43.7 Å². The van der Waals surface area contributed by atoms with Gasteiger partial charge >= 0.3 is 5.97 Å². The summed E-state index contributed by atoms with van der Waals surface area (Å²) >= 11 is 3.70. The number of nitrogens with zero attached hydrogens (tertiary/aromatic N) is 2. The number of amides is 2. The Hall–Kier alpha value is -2.49. The monoisotopic (exact) mass is 616 g/mol. The maximum atomic E-state index is 14.8. The van der Waals surface area contributed by atoms with Crippen LogP contribution in [0.5, 0.6) is 0 Å². The minimum atomic E-state index is -1.24. The fourth-order valence-electron chi connectivity index (χ4n) is 6.93. The van der Waals surface area contributed by atoms with Gasteiger partial charge in [0.2, 0.25) is 5.91 Å². The molecule has 3 fully saturated rings. The summed E-state index contributed by atoms with van der Waals surface area (Å²) < 4.78 is 12.2. The average molecular weight is 618 g/mol. The van der Waals surface area contributed by atoms with E-state index in [1.165, 1.54) is 4.90 Å². The molecule has 1 spiro atoms. The van der Waals surface area contributed by atoms with E-state index in [1.54, 1.807) is 17.1 Å². The van der Waals surface area contributed by atoms with Crippen LogP contribution in [0.15, 0.2) is 43.5 Å². The summed E-state index contributed by atoms with van der Waals surface area (Å²) in [6.07, 6.45) is 4.29. The van der Waals surface area contributed by atoms with Crippen LogP contribution in [0.3, 0.4) is 0 Å². The highest BCUT2D eigenvalue weighted by Gasteiger charge is 2.77. The molecule has 3 aliphatic rings. The van der Waals surface area contributed by atoms with E-state index in [-0.39, 0.29) is 42.3 Å². The van der Waals surface area contributed by atoms with E-state index < -0.39 is 41.6 Å². The van der Waals surface area contributed by atoms with Crippen molar-refractivity contribution in [1.82, 2.24) is 4.90 Å². The van der Waals surface area contributed by atoms with Gasteiger partial charge in [-0.25, -0.2) is 0 Å². The summed E-state index contributed by atoms with van der Waals surface area (Å²) in [6.45, 7) is 15.5. The van der Waals surface area contributed by atoms with Crippen molar-refractivity contribution in [3.63, 3.8) is 0 Å². The molecule has 0 radical (unpaired) electrons. The second-order valence-electron chi connectivity index (χ2n) is 11.3. The van der Waals surface area contributed by atoms with Crippen LogP contribution in [0.25, 0.3) is 0 Å². The minimum Gasteiger partial charge on any atom is -0.465 e. The molecule has 3 aliphatic heterocycles. The number of carbonyl (C=O) groups excluding carboxylic acids is 3. The number of rotatable bonds is 12. The van der Waals surface area contributed by atoms with Crippen molar-refractivity contribution in [3.05, 3.63) is 54.6 Å². The molecule has 3 heterocycles. The lowest BCUT2D eigenvalue weighted by molar-refractivity contribution is -0.156. The molecule has 218 valence electrons. The van der Waals surface area contributed by atoms with E-state index in [9.17, 15) is 19.5 Å². The van der Waals surface area contributed by atoms with Crippen molar-refractivity contribution in [2.45, 2.75) is 75.6 Å². The molecule has 1 aromatic carbocycles. The third-order valence-electron chi connectivity index (χ3n) is 8.93. The summed E-state index contributed by atoms with van der Waals surface area (Å²) in [6, 6.07) is 4.17. The lowest BCUT2D eigenvalue weighted by Gasteiger charge is -2.41. The topological polar surface area (TPSA) is 96.4 Å². The zero-order chi connectivity index (χ0) is 29.4. The van der Waals surface area contributed by atoms with Gasteiger partial charge in [0.1, 0.15) is 11.6 Å². The number of fused-ring (bicyclic) bond motifs is 1. The van der Waals surface area contributed by atoms with E-state index in [4.69, 9.17) is 9.47 Å². The van der Waals surface area contributed by atoms with Crippen molar-refractivity contribution in [2.24, 2.45) is 17.8 Å². The van der Waals surface area contributed by atoms with E-state index in [0.717, 1.165) is 16.8 Å². The molecule has 9 heteroatoms. The molecule has 1 aromatic rings. The van der Waals surface area contributed by atoms with Crippen molar-refractivity contribution >= 4 is 39.4 Å². The number of hydrogen-bond acceptors (Lipinski definition) is 6. The highest BCUT2D eigenvalue weighted by molar-refractivity contribution is 9.09. The smallest absolute Gasteiger partial charge is 0.312 e. The van der Waals surface area contributed by atoms with Crippen LogP contribution in [0.1, 0.15) is 44.2 Å². The third-order valence-corrected chi connectivity index (χ3v) is 9.78. The number of para-hydroxylation sites is 1. The van der Waals surface area contributed by atoms with Crippen molar-refractivity contribution < 1.29 is 29.0 Å². The number of halogens is 1. The molecular formula is C31H41BrN2O6. The van der Waals surface area contributed by atoms with Crippen LogP contribution in [0.4, 0.5) is 5.69 Å². The van der Waals surface area contributed by atoms with Crippen LogP contribution < -0.4 is 4.90 Å². The SMILES string of the molecule is C=CCCOC(=O)[C@H]1[C@H]2C(=O)N([C@@H](CO)[C@@H](C)CC)C(C(=O)N(CC=C)c3c(C)cccc3C)C23CC(Br)[C@@H]1O3. The molecule has 0 aliphatic carbocycles. The Balaban J connectivity index is 1.86. The minimum absolute atomic E-state index is 0.0949. The molecule has 0 saturated carbocycles. The van der Waals surface area contributed by atoms with E-state index in [2.05, 4.69) is 29.1 Å². The molecule has 4 rings (SSSR count). The Labute approximate surface area is 245 Å². The molecule has 0 aromatic heterocycles. The first-order valence-electron chi connectivity index (χ1n) is 14.1. The Morgan fingerprint density at radius 3 is 2.55 bits per heavy atom. The largest absolute Gasteiger partial charge is 0.465 e. The van der Waals surface area contributed by atoms with Gasteiger partial charge in [-0.3, -0.25) is 14.4 Å². The Morgan fingerprint density at radius 1 is 1.30 bits per heavy atom. The van der Waals surface area contributed by atoms with Crippen molar-refractivity contribution in [1.29, 1.82) is 0 Å². The Bertz CT molecular complexity index is 1150. The average Bonchev–Trinajstić information content (AvgIpc) is 3.51. The number of esters is 1. The highest BCUT2D eigenvalue weighted by Crippen LogP contribution is 2.61. The van der Waals surface area contributed by atoms with Gasteiger partial charge in [-0.15, -0.1) is 13.2 Å². The summed E-state index contributed by atoms with van der Waals surface area (Å²) in [5.74, 6) is -3.01. The summed E-state index contributed by atoms with van der Waals surface area (Å²) in [4.78, 5) is 45.6. The second kappa shape index (κ2) is 12.2. The molecule has 3 saturated heterocycles. The fourth-order valence-corrected chi connectivity index (χ4v) is 7.87. The number of ether oxygens (including phenoxy) is 2. The number of hydrogen-bond donors (Lipinski definition) is 1. The number of anilines is 1. The van der Waals surface area contributed by atoms with Gasteiger partial charge in [0.25, 0.3) is 5.91 Å². The third kappa shape index (κ3) is 4.84. The van der Waals surface area contributed by atoms with Crippen LogP contribution in [-0.4, -0.2) is 76.2 Å².